The first-order valence-corrected chi connectivity index (χ1v) is 6.12. The zero-order valence-corrected chi connectivity index (χ0v) is 11.5. The Morgan fingerprint density at radius 2 is 2.11 bits per heavy atom. The minimum absolute atomic E-state index is 0.276. The molecule has 0 aliphatic rings. The van der Waals surface area contributed by atoms with Gasteiger partial charge in [-0.05, 0) is 19.1 Å². The van der Waals surface area contributed by atoms with Crippen molar-refractivity contribution in [1.29, 1.82) is 0 Å². The molecule has 1 heterocycles. The molecule has 6 heteroatoms. The Bertz CT molecular complexity index is 561. The minimum Gasteiger partial charge on any atom is -0.377 e. The van der Waals surface area contributed by atoms with Gasteiger partial charge in [0.05, 0.1) is 16.4 Å². The molecule has 2 aromatic rings. The van der Waals surface area contributed by atoms with Crippen molar-refractivity contribution in [3.8, 4) is 0 Å². The largest absolute Gasteiger partial charge is 0.377 e. The van der Waals surface area contributed by atoms with Crippen LogP contribution >= 0.6 is 23.2 Å². The Kier molecular flexibility index (Phi) is 3.78. The van der Waals surface area contributed by atoms with Gasteiger partial charge in [0, 0.05) is 19.2 Å². The molecule has 1 N–H and O–H groups in total. The summed E-state index contributed by atoms with van der Waals surface area (Å²) < 4.78 is 15.1. The van der Waals surface area contributed by atoms with Gasteiger partial charge in [-0.1, -0.05) is 29.3 Å². The molecule has 0 bridgehead atoms. The molecule has 0 spiro atoms. The van der Waals surface area contributed by atoms with Crippen LogP contribution in [-0.4, -0.2) is 9.78 Å². The number of aromatic nitrogens is 2. The van der Waals surface area contributed by atoms with E-state index in [9.17, 15) is 4.39 Å². The number of hydrogen-bond acceptors (Lipinski definition) is 2. The zero-order chi connectivity index (χ0) is 13.3. The highest BCUT2D eigenvalue weighted by Gasteiger charge is 2.12. The molecule has 1 aromatic carbocycles. The summed E-state index contributed by atoms with van der Waals surface area (Å²) in [6, 6.07) is 4.54. The number of nitrogens with one attached hydrogen (secondary N) is 1. The Hall–Kier alpha value is -1.26. The third-order valence-electron chi connectivity index (χ3n) is 2.67. The summed E-state index contributed by atoms with van der Waals surface area (Å²) in [5, 5.41) is 8.01. The monoisotopic (exact) mass is 287 g/mol. The number of rotatable bonds is 3. The van der Waals surface area contributed by atoms with Gasteiger partial charge < -0.3 is 5.32 Å². The lowest BCUT2D eigenvalue weighted by Crippen LogP contribution is -2.03. The highest BCUT2D eigenvalue weighted by Crippen LogP contribution is 2.26. The smallest absolute Gasteiger partial charge is 0.147 e. The van der Waals surface area contributed by atoms with E-state index in [0.29, 0.717) is 16.7 Å². The molecule has 0 atom stereocenters. The second-order valence-electron chi connectivity index (χ2n) is 3.93. The number of anilines is 1. The second kappa shape index (κ2) is 5.16. The van der Waals surface area contributed by atoms with Crippen LogP contribution in [0.3, 0.4) is 0 Å². The van der Waals surface area contributed by atoms with E-state index in [0.717, 1.165) is 11.3 Å². The molecular weight excluding hydrogens is 276 g/mol. The average Bonchev–Trinajstić information content (AvgIpc) is 2.54. The normalized spacial score (nSPS) is 10.7. The fourth-order valence-electron chi connectivity index (χ4n) is 1.72. The molecule has 3 nitrogen and oxygen atoms in total. The summed E-state index contributed by atoms with van der Waals surface area (Å²) in [5.74, 6) is -0.389. The van der Waals surface area contributed by atoms with E-state index in [2.05, 4.69) is 10.4 Å². The van der Waals surface area contributed by atoms with Crippen LogP contribution in [0.4, 0.5) is 10.1 Å². The third kappa shape index (κ3) is 2.44. The highest BCUT2D eigenvalue weighted by atomic mass is 35.5. The van der Waals surface area contributed by atoms with Crippen LogP contribution in [0.2, 0.25) is 10.2 Å². The molecule has 18 heavy (non-hydrogen) atoms. The maximum Gasteiger partial charge on any atom is 0.147 e. The first-order chi connectivity index (χ1) is 8.50. The number of benzene rings is 1. The Morgan fingerprint density at radius 3 is 2.67 bits per heavy atom. The predicted octanol–water partition coefficient (Wildman–Crippen LogP) is 3.79. The molecule has 0 saturated carbocycles. The Morgan fingerprint density at radius 1 is 1.39 bits per heavy atom. The second-order valence-corrected chi connectivity index (χ2v) is 4.69. The molecule has 1 aromatic heterocycles. The van der Waals surface area contributed by atoms with Crippen LogP contribution < -0.4 is 5.32 Å². The maximum absolute atomic E-state index is 13.6. The molecule has 0 radical (unpaired) electrons. The summed E-state index contributed by atoms with van der Waals surface area (Å²) in [7, 11) is 1.76. The number of hydrogen-bond donors (Lipinski definition) is 1. The van der Waals surface area contributed by atoms with Crippen LogP contribution in [0.25, 0.3) is 0 Å². The van der Waals surface area contributed by atoms with Crippen LogP contribution in [0, 0.1) is 12.7 Å². The van der Waals surface area contributed by atoms with E-state index in [1.807, 2.05) is 6.92 Å². The van der Waals surface area contributed by atoms with Crippen molar-refractivity contribution in [2.75, 3.05) is 5.32 Å². The van der Waals surface area contributed by atoms with Crippen molar-refractivity contribution in [3.63, 3.8) is 0 Å². The van der Waals surface area contributed by atoms with Gasteiger partial charge in [-0.25, -0.2) is 4.39 Å². The van der Waals surface area contributed by atoms with Crippen LogP contribution in [0.5, 0.6) is 0 Å². The molecular formula is C12H12Cl2FN3. The van der Waals surface area contributed by atoms with E-state index in [-0.39, 0.29) is 11.5 Å². The fourth-order valence-corrected chi connectivity index (χ4v) is 2.19. The van der Waals surface area contributed by atoms with E-state index in [1.54, 1.807) is 23.9 Å². The molecule has 0 fully saturated rings. The van der Waals surface area contributed by atoms with Gasteiger partial charge >= 0.3 is 0 Å². The van der Waals surface area contributed by atoms with Crippen LogP contribution in [0.1, 0.15) is 11.3 Å². The number of nitrogens with zero attached hydrogens (tertiary/aromatic N) is 2. The maximum atomic E-state index is 13.6. The molecule has 0 amide bonds. The topological polar surface area (TPSA) is 29.9 Å². The summed E-state index contributed by atoms with van der Waals surface area (Å²) >= 11 is 12.0. The molecule has 0 aliphatic carbocycles. The summed E-state index contributed by atoms with van der Waals surface area (Å²) in [4.78, 5) is 0. The number of aryl methyl sites for hydroxylation is 2. The first-order valence-electron chi connectivity index (χ1n) is 5.36. The van der Waals surface area contributed by atoms with Crippen molar-refractivity contribution in [1.82, 2.24) is 9.78 Å². The van der Waals surface area contributed by atoms with Gasteiger partial charge in [-0.3, -0.25) is 4.68 Å². The van der Waals surface area contributed by atoms with Crippen molar-refractivity contribution >= 4 is 28.9 Å². The predicted molar refractivity (Wildman–Crippen MR) is 71.7 cm³/mol. The van der Waals surface area contributed by atoms with Crippen LogP contribution in [0.15, 0.2) is 18.2 Å². The highest BCUT2D eigenvalue weighted by molar-refractivity contribution is 6.33. The lowest BCUT2D eigenvalue weighted by molar-refractivity contribution is 0.630. The van der Waals surface area contributed by atoms with Gasteiger partial charge in [0.15, 0.2) is 0 Å². The van der Waals surface area contributed by atoms with Gasteiger partial charge in [0.25, 0.3) is 0 Å². The zero-order valence-electron chi connectivity index (χ0n) is 9.97. The lowest BCUT2D eigenvalue weighted by atomic mass is 10.2. The van der Waals surface area contributed by atoms with Gasteiger partial charge in [0.2, 0.25) is 0 Å². The Balaban J connectivity index is 2.22. The van der Waals surface area contributed by atoms with E-state index < -0.39 is 0 Å². The number of halogens is 3. The van der Waals surface area contributed by atoms with Gasteiger partial charge in [-0.15, -0.1) is 0 Å². The van der Waals surface area contributed by atoms with Gasteiger partial charge in [0.1, 0.15) is 11.0 Å². The molecule has 96 valence electrons. The number of para-hydroxylation sites is 1. The molecule has 0 aliphatic heterocycles. The van der Waals surface area contributed by atoms with Crippen LogP contribution in [-0.2, 0) is 13.6 Å². The van der Waals surface area contributed by atoms with E-state index in [4.69, 9.17) is 23.2 Å². The van der Waals surface area contributed by atoms with Crippen molar-refractivity contribution in [3.05, 3.63) is 45.4 Å². The SMILES string of the molecule is Cc1nn(C)c(Cl)c1CNc1c(F)cccc1Cl. The van der Waals surface area contributed by atoms with Gasteiger partial charge in [-0.2, -0.15) is 5.10 Å². The lowest BCUT2D eigenvalue weighted by Gasteiger charge is -2.09. The van der Waals surface area contributed by atoms with Crippen molar-refractivity contribution in [2.45, 2.75) is 13.5 Å². The quantitative estimate of drug-likeness (QED) is 0.931. The van der Waals surface area contributed by atoms with E-state index >= 15 is 0 Å². The molecule has 2 rings (SSSR count). The van der Waals surface area contributed by atoms with Crippen molar-refractivity contribution < 1.29 is 4.39 Å². The molecule has 0 unspecified atom stereocenters. The summed E-state index contributed by atoms with van der Waals surface area (Å²) in [6.45, 7) is 2.23. The minimum atomic E-state index is -0.389. The fraction of sp³-hybridized carbons (Fsp3) is 0.250. The summed E-state index contributed by atoms with van der Waals surface area (Å²) in [6.07, 6.45) is 0. The van der Waals surface area contributed by atoms with Crippen molar-refractivity contribution in [2.24, 2.45) is 7.05 Å². The first kappa shape index (κ1) is 13.2. The summed E-state index contributed by atoms with van der Waals surface area (Å²) in [5.41, 5.74) is 1.92. The average molecular weight is 288 g/mol. The molecule has 0 saturated heterocycles. The van der Waals surface area contributed by atoms with E-state index in [1.165, 1.54) is 6.07 Å². The standard InChI is InChI=1S/C12H12Cl2FN3/c1-7-8(12(14)18(2)17-7)6-16-11-9(13)4-3-5-10(11)15/h3-5,16H,6H2,1-2H3. The Labute approximate surface area is 115 Å². The third-order valence-corrected chi connectivity index (χ3v) is 3.46.